The van der Waals surface area contributed by atoms with Gasteiger partial charge < -0.3 is 15.4 Å². The standard InChI is InChI=1S/C35H56N2O4/c1-21-12-17-35(30(40)37-20-28(39)36-9)19-18-33(7)24(29(35)22(21)2)10-11-26-32(6)15-14-27(41-23(3)38)31(4,5)25(32)13-16-34(26,33)8/h10,21-22,25-27,29H,11-20H2,1-9H3,(H,36,39)(H,37,40)/t21-,22+,25+,26-,27+,29+,32+,33-,34-,35+/m1/s1. The summed E-state index contributed by atoms with van der Waals surface area (Å²) in [6.07, 6.45) is 11.9. The molecule has 0 aromatic heterocycles. The molecule has 0 aliphatic heterocycles. The number of likely N-dealkylation sites (N-methyl/N-ethyl adjacent to an activating group) is 1. The van der Waals surface area contributed by atoms with Gasteiger partial charge in [0.25, 0.3) is 0 Å². The van der Waals surface area contributed by atoms with Crippen LogP contribution >= 0.6 is 0 Å². The Kier molecular flexibility index (Phi) is 7.55. The normalized spacial score (nSPS) is 46.4. The smallest absolute Gasteiger partial charge is 0.302 e. The van der Waals surface area contributed by atoms with Gasteiger partial charge in [0.15, 0.2) is 0 Å². The van der Waals surface area contributed by atoms with Gasteiger partial charge in [0.1, 0.15) is 6.10 Å². The molecule has 0 spiro atoms. The molecule has 4 fully saturated rings. The van der Waals surface area contributed by atoms with E-state index in [1.807, 2.05) is 0 Å². The summed E-state index contributed by atoms with van der Waals surface area (Å²) in [4.78, 5) is 38.1. The molecule has 2 N–H and O–H groups in total. The molecule has 4 saturated carbocycles. The summed E-state index contributed by atoms with van der Waals surface area (Å²) in [7, 11) is 1.62. The van der Waals surface area contributed by atoms with E-state index in [1.54, 1.807) is 19.5 Å². The molecule has 5 aliphatic rings. The van der Waals surface area contributed by atoms with Crippen molar-refractivity contribution in [2.24, 2.45) is 56.7 Å². The van der Waals surface area contributed by atoms with Gasteiger partial charge in [-0.3, -0.25) is 14.4 Å². The predicted molar refractivity (Wildman–Crippen MR) is 162 cm³/mol. The van der Waals surface area contributed by atoms with Gasteiger partial charge in [0.2, 0.25) is 11.8 Å². The Labute approximate surface area is 248 Å². The zero-order valence-corrected chi connectivity index (χ0v) is 27.2. The molecule has 0 bridgehead atoms. The topological polar surface area (TPSA) is 84.5 Å². The second-order valence-electron chi connectivity index (χ2n) is 16.1. The number of amides is 2. The average Bonchev–Trinajstić information content (AvgIpc) is 2.91. The third-order valence-electron chi connectivity index (χ3n) is 14.4. The first-order valence-corrected chi connectivity index (χ1v) is 16.4. The number of carbonyl (C=O) groups excluding carboxylic acids is 3. The summed E-state index contributed by atoms with van der Waals surface area (Å²) in [5.41, 5.74) is 1.44. The lowest BCUT2D eigenvalue weighted by Crippen LogP contribution is -2.66. The number of ether oxygens (including phenoxy) is 1. The lowest BCUT2D eigenvalue weighted by atomic mass is 9.33. The van der Waals surface area contributed by atoms with Crippen molar-refractivity contribution in [1.82, 2.24) is 10.6 Å². The fourth-order valence-corrected chi connectivity index (χ4v) is 11.7. The van der Waals surface area contributed by atoms with Crippen molar-refractivity contribution in [3.63, 3.8) is 0 Å². The SMILES string of the molecule is CNC(=O)CNC(=O)[C@]12CC[C@@H](C)[C@H](C)[C@H]1C1=CC[C@@H]3[C@@]4(C)CC[C@H](OC(C)=O)C(C)(C)[C@@H]4CC[C@@]3(C)[C@]1(C)CC2. The first kappa shape index (κ1) is 30.6. The maximum atomic E-state index is 14.0. The predicted octanol–water partition coefficient (Wildman–Crippen LogP) is 6.44. The molecular weight excluding hydrogens is 512 g/mol. The highest BCUT2D eigenvalue weighted by molar-refractivity contribution is 5.88. The Morgan fingerprint density at radius 1 is 0.927 bits per heavy atom. The second-order valence-corrected chi connectivity index (χ2v) is 16.1. The molecule has 0 aromatic rings. The molecule has 6 heteroatoms. The van der Waals surface area contributed by atoms with Crippen LogP contribution in [0.4, 0.5) is 0 Å². The molecule has 10 atom stereocenters. The minimum absolute atomic E-state index is 0.0131. The number of hydrogen-bond acceptors (Lipinski definition) is 4. The first-order valence-electron chi connectivity index (χ1n) is 16.4. The number of allylic oxidation sites excluding steroid dienone is 2. The molecule has 0 radical (unpaired) electrons. The molecule has 2 amide bonds. The highest BCUT2D eigenvalue weighted by Gasteiger charge is 2.69. The Morgan fingerprint density at radius 2 is 1.63 bits per heavy atom. The van der Waals surface area contributed by atoms with Crippen LogP contribution in [0.15, 0.2) is 11.6 Å². The number of hydrogen-bond donors (Lipinski definition) is 2. The van der Waals surface area contributed by atoms with E-state index in [-0.39, 0.29) is 58.0 Å². The van der Waals surface area contributed by atoms with Crippen LogP contribution in [0.1, 0.15) is 113 Å². The summed E-state index contributed by atoms with van der Waals surface area (Å²) in [5.74, 6) is 2.06. The maximum Gasteiger partial charge on any atom is 0.302 e. The maximum absolute atomic E-state index is 14.0. The Hall–Kier alpha value is -1.85. The van der Waals surface area contributed by atoms with Gasteiger partial charge in [0, 0.05) is 19.4 Å². The third kappa shape index (κ3) is 4.26. The van der Waals surface area contributed by atoms with E-state index < -0.39 is 5.41 Å². The quantitative estimate of drug-likeness (QED) is 0.302. The lowest BCUT2D eigenvalue weighted by molar-refractivity contribution is -0.212. The van der Waals surface area contributed by atoms with Gasteiger partial charge in [-0.15, -0.1) is 0 Å². The van der Waals surface area contributed by atoms with Crippen molar-refractivity contribution in [3.05, 3.63) is 11.6 Å². The highest BCUT2D eigenvalue weighted by Crippen LogP contribution is 2.75. The minimum Gasteiger partial charge on any atom is -0.462 e. The van der Waals surface area contributed by atoms with Crippen LogP contribution in [0.25, 0.3) is 0 Å². The zero-order chi connectivity index (χ0) is 30.2. The summed E-state index contributed by atoms with van der Waals surface area (Å²) >= 11 is 0. The molecule has 0 saturated heterocycles. The first-order chi connectivity index (χ1) is 19.1. The van der Waals surface area contributed by atoms with Gasteiger partial charge in [-0.2, -0.15) is 0 Å². The van der Waals surface area contributed by atoms with E-state index in [4.69, 9.17) is 4.74 Å². The highest BCUT2D eigenvalue weighted by atomic mass is 16.5. The van der Waals surface area contributed by atoms with Crippen LogP contribution in [-0.2, 0) is 19.1 Å². The van der Waals surface area contributed by atoms with Gasteiger partial charge >= 0.3 is 5.97 Å². The largest absolute Gasteiger partial charge is 0.462 e. The van der Waals surface area contributed by atoms with E-state index in [0.29, 0.717) is 23.7 Å². The Morgan fingerprint density at radius 3 is 2.29 bits per heavy atom. The van der Waals surface area contributed by atoms with Crippen molar-refractivity contribution in [3.8, 4) is 0 Å². The molecule has 230 valence electrons. The zero-order valence-electron chi connectivity index (χ0n) is 27.2. The van der Waals surface area contributed by atoms with Gasteiger partial charge in [-0.25, -0.2) is 0 Å². The molecule has 0 heterocycles. The van der Waals surface area contributed by atoms with Crippen LogP contribution in [0.3, 0.4) is 0 Å². The average molecular weight is 569 g/mol. The molecule has 41 heavy (non-hydrogen) atoms. The third-order valence-corrected chi connectivity index (χ3v) is 14.4. The number of esters is 1. The van der Waals surface area contributed by atoms with Crippen molar-refractivity contribution in [2.45, 2.75) is 119 Å². The number of rotatable bonds is 4. The summed E-state index contributed by atoms with van der Waals surface area (Å²) in [5, 5.41) is 5.71. The second kappa shape index (κ2) is 10.1. The van der Waals surface area contributed by atoms with Crippen molar-refractivity contribution in [2.75, 3.05) is 13.6 Å². The van der Waals surface area contributed by atoms with Crippen LogP contribution in [0.2, 0.25) is 0 Å². The monoisotopic (exact) mass is 568 g/mol. The number of fused-ring (bicyclic) bond motifs is 7. The minimum atomic E-state index is -0.431. The summed E-state index contributed by atoms with van der Waals surface area (Å²) in [6.45, 7) is 18.7. The molecule has 5 rings (SSSR count). The molecule has 0 aromatic carbocycles. The lowest BCUT2D eigenvalue weighted by Gasteiger charge is -2.71. The molecule has 5 aliphatic carbocycles. The van der Waals surface area contributed by atoms with Crippen LogP contribution in [0, 0.1) is 56.7 Å². The van der Waals surface area contributed by atoms with E-state index in [2.05, 4.69) is 65.2 Å². The van der Waals surface area contributed by atoms with E-state index in [1.165, 1.54) is 6.42 Å². The van der Waals surface area contributed by atoms with E-state index in [0.717, 1.165) is 51.4 Å². The van der Waals surface area contributed by atoms with Crippen molar-refractivity contribution < 1.29 is 19.1 Å². The fourth-order valence-electron chi connectivity index (χ4n) is 11.7. The Bertz CT molecular complexity index is 1130. The van der Waals surface area contributed by atoms with Gasteiger partial charge in [-0.05, 0) is 104 Å². The summed E-state index contributed by atoms with van der Waals surface area (Å²) in [6, 6.07) is 0. The van der Waals surface area contributed by atoms with E-state index in [9.17, 15) is 14.4 Å². The van der Waals surface area contributed by atoms with Crippen LogP contribution < -0.4 is 10.6 Å². The van der Waals surface area contributed by atoms with Crippen molar-refractivity contribution >= 4 is 17.8 Å². The molecule has 0 unspecified atom stereocenters. The molecule has 6 nitrogen and oxygen atoms in total. The number of carbonyl (C=O) groups is 3. The molecular formula is C35H56N2O4. The van der Waals surface area contributed by atoms with E-state index >= 15 is 0 Å². The van der Waals surface area contributed by atoms with Crippen LogP contribution in [0.5, 0.6) is 0 Å². The van der Waals surface area contributed by atoms with Gasteiger partial charge in [-0.1, -0.05) is 60.1 Å². The summed E-state index contributed by atoms with van der Waals surface area (Å²) < 4.78 is 5.91. The van der Waals surface area contributed by atoms with Gasteiger partial charge in [0.05, 0.1) is 12.0 Å². The Balaban J connectivity index is 1.53. The fraction of sp³-hybridized carbons (Fsp3) is 0.857. The number of nitrogens with one attached hydrogen (secondary N) is 2. The van der Waals surface area contributed by atoms with Crippen LogP contribution in [-0.4, -0.2) is 37.5 Å². The van der Waals surface area contributed by atoms with Crippen molar-refractivity contribution in [1.29, 1.82) is 0 Å².